The molecule has 0 bridgehead atoms. The van der Waals surface area contributed by atoms with Crippen molar-refractivity contribution >= 4 is 28.9 Å². The normalized spacial score (nSPS) is 24.1. The fourth-order valence-corrected chi connectivity index (χ4v) is 5.15. The summed E-state index contributed by atoms with van der Waals surface area (Å²) in [5.41, 5.74) is 3.70. The van der Waals surface area contributed by atoms with Gasteiger partial charge >= 0.3 is 0 Å². The molecule has 0 radical (unpaired) electrons. The molecule has 3 aliphatic heterocycles. The molecule has 2 saturated heterocycles. The van der Waals surface area contributed by atoms with E-state index in [2.05, 4.69) is 40.1 Å². The van der Waals surface area contributed by atoms with Gasteiger partial charge in [0.2, 0.25) is 5.91 Å². The molecule has 2 fully saturated rings. The maximum atomic E-state index is 13.5. The van der Waals surface area contributed by atoms with Crippen LogP contribution in [0.15, 0.2) is 48.5 Å². The van der Waals surface area contributed by atoms with E-state index >= 15 is 0 Å². The number of rotatable bonds is 2. The summed E-state index contributed by atoms with van der Waals surface area (Å²) in [6.07, 6.45) is 0.802. The van der Waals surface area contributed by atoms with Gasteiger partial charge in [-0.15, -0.1) is 0 Å². The van der Waals surface area contributed by atoms with Crippen molar-refractivity contribution in [2.45, 2.75) is 12.5 Å². The number of ether oxygens (including phenoxy) is 1. The van der Waals surface area contributed by atoms with Crippen LogP contribution in [-0.4, -0.2) is 62.8 Å². The van der Waals surface area contributed by atoms with E-state index in [9.17, 15) is 4.79 Å². The van der Waals surface area contributed by atoms with Gasteiger partial charge in [-0.2, -0.15) is 0 Å². The average Bonchev–Trinajstić information content (AvgIpc) is 2.78. The predicted molar refractivity (Wildman–Crippen MR) is 116 cm³/mol. The van der Waals surface area contributed by atoms with Gasteiger partial charge in [0, 0.05) is 49.1 Å². The molecular formula is C23H26ClN3O2. The van der Waals surface area contributed by atoms with Crippen molar-refractivity contribution in [1.29, 1.82) is 0 Å². The standard InChI is InChI=1S/C23H26ClN3O2/c24-18-5-3-6-19(15-18)26-8-9-27-21-7-2-1-4-17(21)14-20(22(27)16-26)23(28)25-10-12-29-13-11-25/h1-7,15,20,22H,8-14,16H2. The van der Waals surface area contributed by atoms with Crippen molar-refractivity contribution in [2.24, 2.45) is 5.92 Å². The van der Waals surface area contributed by atoms with Gasteiger partial charge in [0.1, 0.15) is 0 Å². The molecule has 152 valence electrons. The molecule has 0 aliphatic carbocycles. The fourth-order valence-electron chi connectivity index (χ4n) is 4.97. The highest BCUT2D eigenvalue weighted by atomic mass is 35.5. The quantitative estimate of drug-likeness (QED) is 0.761. The van der Waals surface area contributed by atoms with Crippen molar-refractivity contribution in [1.82, 2.24) is 4.90 Å². The number of fused-ring (bicyclic) bond motifs is 3. The van der Waals surface area contributed by atoms with E-state index in [-0.39, 0.29) is 17.9 Å². The van der Waals surface area contributed by atoms with Gasteiger partial charge in [-0.05, 0) is 36.2 Å². The molecule has 29 heavy (non-hydrogen) atoms. The number of halogens is 1. The zero-order valence-electron chi connectivity index (χ0n) is 16.5. The number of carbonyl (C=O) groups excluding carboxylic acids is 1. The van der Waals surface area contributed by atoms with Crippen LogP contribution in [0.4, 0.5) is 11.4 Å². The van der Waals surface area contributed by atoms with Crippen molar-refractivity contribution < 1.29 is 9.53 Å². The van der Waals surface area contributed by atoms with Crippen LogP contribution < -0.4 is 9.80 Å². The number of amides is 1. The fraction of sp³-hybridized carbons (Fsp3) is 0.435. The van der Waals surface area contributed by atoms with E-state index in [1.165, 1.54) is 11.3 Å². The monoisotopic (exact) mass is 411 g/mol. The summed E-state index contributed by atoms with van der Waals surface area (Å²) in [6, 6.07) is 16.7. The minimum atomic E-state index is -0.0371. The minimum absolute atomic E-state index is 0.0371. The van der Waals surface area contributed by atoms with Crippen LogP contribution in [0.25, 0.3) is 0 Å². The first-order valence-electron chi connectivity index (χ1n) is 10.4. The van der Waals surface area contributed by atoms with Crippen molar-refractivity contribution in [3.63, 3.8) is 0 Å². The van der Waals surface area contributed by atoms with E-state index in [0.717, 1.165) is 36.8 Å². The summed E-state index contributed by atoms with van der Waals surface area (Å²) >= 11 is 6.24. The molecule has 5 nitrogen and oxygen atoms in total. The molecular weight excluding hydrogens is 386 g/mol. The molecule has 2 aromatic rings. The SMILES string of the molecule is O=C(C1Cc2ccccc2N2CCN(c3cccc(Cl)c3)CC12)N1CCOCC1. The van der Waals surface area contributed by atoms with E-state index < -0.39 is 0 Å². The second-order valence-corrected chi connectivity index (χ2v) is 8.50. The third-order valence-electron chi connectivity index (χ3n) is 6.44. The number of benzene rings is 2. The van der Waals surface area contributed by atoms with Gasteiger partial charge in [0.15, 0.2) is 0 Å². The molecule has 5 rings (SSSR count). The lowest BCUT2D eigenvalue weighted by atomic mass is 9.83. The molecule has 0 spiro atoms. The summed E-state index contributed by atoms with van der Waals surface area (Å²) in [5.74, 6) is 0.232. The third-order valence-corrected chi connectivity index (χ3v) is 6.67. The van der Waals surface area contributed by atoms with Crippen LogP contribution in [0.3, 0.4) is 0 Å². The summed E-state index contributed by atoms with van der Waals surface area (Å²) in [6.45, 7) is 5.32. The summed E-state index contributed by atoms with van der Waals surface area (Å²) in [5, 5.41) is 0.750. The lowest BCUT2D eigenvalue weighted by Gasteiger charge is -2.50. The van der Waals surface area contributed by atoms with Gasteiger partial charge < -0.3 is 19.4 Å². The Labute approximate surface area is 176 Å². The molecule has 0 aromatic heterocycles. The largest absolute Gasteiger partial charge is 0.378 e. The number of para-hydroxylation sites is 1. The highest BCUT2D eigenvalue weighted by Crippen LogP contribution is 2.37. The second kappa shape index (κ2) is 7.88. The Morgan fingerprint density at radius 3 is 2.66 bits per heavy atom. The maximum absolute atomic E-state index is 13.5. The summed E-state index contributed by atoms with van der Waals surface area (Å²) in [7, 11) is 0. The van der Waals surface area contributed by atoms with Crippen LogP contribution >= 0.6 is 11.6 Å². The van der Waals surface area contributed by atoms with Gasteiger partial charge in [0.05, 0.1) is 25.2 Å². The lowest BCUT2D eigenvalue weighted by molar-refractivity contribution is -0.140. The maximum Gasteiger partial charge on any atom is 0.228 e. The Bertz CT molecular complexity index is 899. The van der Waals surface area contributed by atoms with E-state index in [0.29, 0.717) is 26.3 Å². The minimum Gasteiger partial charge on any atom is -0.378 e. The van der Waals surface area contributed by atoms with Crippen molar-refractivity contribution in [2.75, 3.05) is 55.7 Å². The zero-order valence-corrected chi connectivity index (χ0v) is 17.2. The summed E-state index contributed by atoms with van der Waals surface area (Å²) in [4.78, 5) is 20.4. The highest BCUT2D eigenvalue weighted by molar-refractivity contribution is 6.30. The first-order chi connectivity index (χ1) is 14.2. The predicted octanol–water partition coefficient (Wildman–Crippen LogP) is 3.07. The molecule has 6 heteroatoms. The van der Waals surface area contributed by atoms with E-state index in [4.69, 9.17) is 16.3 Å². The van der Waals surface area contributed by atoms with Crippen LogP contribution in [0, 0.1) is 5.92 Å². The van der Waals surface area contributed by atoms with Crippen LogP contribution in [0.2, 0.25) is 5.02 Å². The van der Waals surface area contributed by atoms with Crippen LogP contribution in [-0.2, 0) is 16.0 Å². The Morgan fingerprint density at radius 2 is 1.83 bits per heavy atom. The topological polar surface area (TPSA) is 36.0 Å². The lowest BCUT2D eigenvalue weighted by Crippen LogP contribution is -2.62. The first kappa shape index (κ1) is 18.8. The molecule has 3 aliphatic rings. The van der Waals surface area contributed by atoms with Gasteiger partial charge in [0.25, 0.3) is 0 Å². The number of hydrogen-bond acceptors (Lipinski definition) is 4. The van der Waals surface area contributed by atoms with E-state index in [1.807, 2.05) is 23.1 Å². The molecule has 3 heterocycles. The molecule has 0 saturated carbocycles. The Balaban J connectivity index is 1.46. The van der Waals surface area contributed by atoms with Gasteiger partial charge in [-0.25, -0.2) is 0 Å². The van der Waals surface area contributed by atoms with Crippen LogP contribution in [0.5, 0.6) is 0 Å². The molecule has 2 aromatic carbocycles. The number of carbonyl (C=O) groups is 1. The smallest absolute Gasteiger partial charge is 0.228 e. The average molecular weight is 412 g/mol. The van der Waals surface area contributed by atoms with Crippen LogP contribution in [0.1, 0.15) is 5.56 Å². The Kier molecular flexibility index (Phi) is 5.10. The van der Waals surface area contributed by atoms with Gasteiger partial charge in [-0.3, -0.25) is 4.79 Å². The number of nitrogens with zero attached hydrogens (tertiary/aromatic N) is 3. The number of anilines is 2. The second-order valence-electron chi connectivity index (χ2n) is 8.06. The van der Waals surface area contributed by atoms with Crippen molar-refractivity contribution in [3.8, 4) is 0 Å². The first-order valence-corrected chi connectivity index (χ1v) is 10.8. The van der Waals surface area contributed by atoms with E-state index in [1.54, 1.807) is 0 Å². The number of hydrogen-bond donors (Lipinski definition) is 0. The third kappa shape index (κ3) is 3.58. The van der Waals surface area contributed by atoms with Gasteiger partial charge in [-0.1, -0.05) is 35.9 Å². The molecule has 1 amide bonds. The molecule has 2 unspecified atom stereocenters. The molecule has 2 atom stereocenters. The number of piperazine rings is 1. The Hall–Kier alpha value is -2.24. The molecule has 0 N–H and O–H groups in total. The zero-order chi connectivity index (χ0) is 19.8. The van der Waals surface area contributed by atoms with Crippen molar-refractivity contribution in [3.05, 3.63) is 59.1 Å². The summed E-state index contributed by atoms with van der Waals surface area (Å²) < 4.78 is 5.46. The Morgan fingerprint density at radius 1 is 1.00 bits per heavy atom. The number of morpholine rings is 1. The highest BCUT2D eigenvalue weighted by Gasteiger charge is 2.43.